The van der Waals surface area contributed by atoms with Crippen LogP contribution in [-0.4, -0.2) is 50.0 Å². The molecule has 0 aromatic heterocycles. The predicted octanol–water partition coefficient (Wildman–Crippen LogP) is 5.23. The summed E-state index contributed by atoms with van der Waals surface area (Å²) in [5.41, 5.74) is 2.59. The summed E-state index contributed by atoms with van der Waals surface area (Å²) in [5, 5.41) is 3.78. The number of benzene rings is 3. The lowest BCUT2D eigenvalue weighted by atomic mass is 10.0. The lowest BCUT2D eigenvalue weighted by molar-refractivity contribution is -0.140. The molecule has 0 fully saturated rings. The summed E-state index contributed by atoms with van der Waals surface area (Å²) >= 11 is 12.5. The van der Waals surface area contributed by atoms with Crippen molar-refractivity contribution in [3.8, 4) is 0 Å². The Morgan fingerprint density at radius 1 is 0.923 bits per heavy atom. The molecule has 10 heteroatoms. The van der Waals surface area contributed by atoms with Crippen molar-refractivity contribution < 1.29 is 18.0 Å². The Balaban J connectivity index is 2.07. The molecule has 0 saturated carbocycles. The van der Waals surface area contributed by atoms with Gasteiger partial charge in [0, 0.05) is 29.1 Å². The molecule has 1 unspecified atom stereocenters. The zero-order valence-corrected chi connectivity index (χ0v) is 24.7. The van der Waals surface area contributed by atoms with Crippen LogP contribution in [0.2, 0.25) is 10.0 Å². The fourth-order valence-electron chi connectivity index (χ4n) is 4.12. The van der Waals surface area contributed by atoms with E-state index in [1.807, 2.05) is 44.2 Å². The van der Waals surface area contributed by atoms with Crippen molar-refractivity contribution in [1.29, 1.82) is 0 Å². The zero-order valence-electron chi connectivity index (χ0n) is 22.4. The van der Waals surface area contributed by atoms with Crippen LogP contribution in [0.15, 0.2) is 72.8 Å². The van der Waals surface area contributed by atoms with Gasteiger partial charge in [0.1, 0.15) is 12.6 Å². The summed E-state index contributed by atoms with van der Waals surface area (Å²) in [5.74, 6) is -0.884. The molecule has 1 N–H and O–H groups in total. The van der Waals surface area contributed by atoms with Crippen LogP contribution in [0.3, 0.4) is 0 Å². The maximum atomic E-state index is 14.0. The molecule has 0 spiro atoms. The summed E-state index contributed by atoms with van der Waals surface area (Å²) < 4.78 is 26.7. The maximum absolute atomic E-state index is 14.0. The highest BCUT2D eigenvalue weighted by atomic mass is 35.5. The minimum atomic E-state index is -3.87. The zero-order chi connectivity index (χ0) is 28.7. The molecule has 7 nitrogen and oxygen atoms in total. The second-order valence-corrected chi connectivity index (χ2v) is 12.5. The molecule has 2 amide bonds. The number of rotatable bonds is 11. The predicted molar refractivity (Wildman–Crippen MR) is 158 cm³/mol. The van der Waals surface area contributed by atoms with Crippen LogP contribution in [0, 0.1) is 6.92 Å². The lowest BCUT2D eigenvalue weighted by Gasteiger charge is -2.34. The van der Waals surface area contributed by atoms with E-state index in [9.17, 15) is 18.0 Å². The fourth-order valence-corrected chi connectivity index (χ4v) is 5.35. The van der Waals surface area contributed by atoms with Crippen LogP contribution in [0.4, 0.5) is 5.69 Å². The molecular weight excluding hydrogens is 557 g/mol. The van der Waals surface area contributed by atoms with Crippen LogP contribution in [0.1, 0.15) is 30.5 Å². The Kier molecular flexibility index (Phi) is 10.4. The smallest absolute Gasteiger partial charge is 0.244 e. The van der Waals surface area contributed by atoms with Gasteiger partial charge in [0.25, 0.3) is 0 Å². The Labute approximate surface area is 240 Å². The van der Waals surface area contributed by atoms with Crippen LogP contribution in [0.5, 0.6) is 0 Å². The molecule has 3 aromatic rings. The average molecular weight is 591 g/mol. The number of sulfonamides is 1. The van der Waals surface area contributed by atoms with Gasteiger partial charge in [-0.2, -0.15) is 0 Å². The molecule has 208 valence electrons. The third-order valence-corrected chi connectivity index (χ3v) is 7.85. The van der Waals surface area contributed by atoms with Crippen molar-refractivity contribution in [1.82, 2.24) is 10.2 Å². The van der Waals surface area contributed by atoms with E-state index < -0.39 is 28.5 Å². The number of nitrogens with one attached hydrogen (secondary N) is 1. The summed E-state index contributed by atoms with van der Waals surface area (Å²) in [6, 6.07) is 20.1. The second kappa shape index (κ2) is 13.3. The van der Waals surface area contributed by atoms with Crippen molar-refractivity contribution in [2.24, 2.45) is 0 Å². The van der Waals surface area contributed by atoms with Crippen LogP contribution >= 0.6 is 23.2 Å². The minimum Gasteiger partial charge on any atom is -0.352 e. The van der Waals surface area contributed by atoms with Crippen molar-refractivity contribution in [3.05, 3.63) is 99.5 Å². The van der Waals surface area contributed by atoms with E-state index in [4.69, 9.17) is 23.2 Å². The summed E-state index contributed by atoms with van der Waals surface area (Å²) in [6.45, 7) is 5.02. The SMILES string of the molecule is Cc1ccc(N(CC(=O)N(Cc2cccc(Cl)c2)C(Cc2ccccc2)C(=O)NC(C)C)S(C)(=O)=O)cc1Cl. The van der Waals surface area contributed by atoms with E-state index in [0.717, 1.165) is 21.7 Å². The summed E-state index contributed by atoms with van der Waals surface area (Å²) in [7, 11) is -3.87. The molecular formula is C29H33Cl2N3O4S. The molecule has 0 radical (unpaired) electrons. The number of carbonyl (C=O) groups is 2. The molecule has 0 aliphatic heterocycles. The largest absolute Gasteiger partial charge is 0.352 e. The molecule has 3 rings (SSSR count). The lowest BCUT2D eigenvalue weighted by Crippen LogP contribution is -2.54. The third kappa shape index (κ3) is 8.71. The van der Waals surface area contributed by atoms with E-state index in [2.05, 4.69) is 5.32 Å². The summed E-state index contributed by atoms with van der Waals surface area (Å²) in [4.78, 5) is 28.9. The average Bonchev–Trinajstić information content (AvgIpc) is 2.86. The first-order chi connectivity index (χ1) is 18.3. The van der Waals surface area contributed by atoms with Crippen LogP contribution in [0.25, 0.3) is 0 Å². The molecule has 0 bridgehead atoms. The molecule has 0 aliphatic rings. The van der Waals surface area contributed by atoms with Gasteiger partial charge in [-0.3, -0.25) is 13.9 Å². The third-order valence-electron chi connectivity index (χ3n) is 6.07. The molecule has 1 atom stereocenters. The van der Waals surface area contributed by atoms with E-state index in [1.54, 1.807) is 43.3 Å². The van der Waals surface area contributed by atoms with Crippen molar-refractivity contribution in [3.63, 3.8) is 0 Å². The van der Waals surface area contributed by atoms with Gasteiger partial charge >= 0.3 is 0 Å². The standard InChI is InChI=1S/C29H33Cl2N3O4S/c1-20(2)32-29(36)27(16-22-9-6-5-7-10-22)33(18-23-11-8-12-24(30)15-23)28(35)19-34(39(4,37)38)25-14-13-21(3)26(31)17-25/h5-15,17,20,27H,16,18-19H2,1-4H3,(H,32,36). The first kappa shape index (κ1) is 30.5. The van der Waals surface area contributed by atoms with Crippen molar-refractivity contribution in [2.45, 2.75) is 45.8 Å². The number of aryl methyl sites for hydroxylation is 1. The van der Waals surface area contributed by atoms with E-state index in [1.165, 1.54) is 11.0 Å². The Bertz CT molecular complexity index is 1420. The number of anilines is 1. The van der Waals surface area contributed by atoms with Gasteiger partial charge < -0.3 is 10.2 Å². The monoisotopic (exact) mass is 589 g/mol. The number of hydrogen-bond donors (Lipinski definition) is 1. The van der Waals surface area contributed by atoms with Gasteiger partial charge in [-0.1, -0.05) is 71.7 Å². The van der Waals surface area contributed by atoms with Gasteiger partial charge in [0.15, 0.2) is 0 Å². The first-order valence-corrected chi connectivity index (χ1v) is 15.1. The normalized spacial score (nSPS) is 12.2. The molecule has 39 heavy (non-hydrogen) atoms. The minimum absolute atomic E-state index is 0.0503. The van der Waals surface area contributed by atoms with E-state index in [0.29, 0.717) is 15.6 Å². The number of carbonyl (C=O) groups excluding carboxylic acids is 2. The Morgan fingerprint density at radius 2 is 1.59 bits per heavy atom. The maximum Gasteiger partial charge on any atom is 0.244 e. The number of amides is 2. The summed E-state index contributed by atoms with van der Waals surface area (Å²) in [6.07, 6.45) is 1.27. The Hall–Kier alpha value is -3.07. The van der Waals surface area contributed by atoms with Gasteiger partial charge in [-0.15, -0.1) is 0 Å². The van der Waals surface area contributed by atoms with Gasteiger partial charge in [0.05, 0.1) is 11.9 Å². The van der Waals surface area contributed by atoms with Crippen molar-refractivity contribution >= 4 is 50.7 Å². The quantitative estimate of drug-likeness (QED) is 0.331. The number of nitrogens with zero attached hydrogens (tertiary/aromatic N) is 2. The molecule has 0 aliphatic carbocycles. The van der Waals surface area contributed by atoms with Crippen molar-refractivity contribution in [2.75, 3.05) is 17.1 Å². The van der Waals surface area contributed by atoms with E-state index in [-0.39, 0.29) is 30.6 Å². The number of halogens is 2. The molecule has 3 aromatic carbocycles. The number of hydrogen-bond acceptors (Lipinski definition) is 4. The highest BCUT2D eigenvalue weighted by molar-refractivity contribution is 7.92. The Morgan fingerprint density at radius 3 is 2.18 bits per heavy atom. The van der Waals surface area contributed by atoms with Crippen LogP contribution < -0.4 is 9.62 Å². The fraction of sp³-hybridized carbons (Fsp3) is 0.310. The van der Waals surface area contributed by atoms with Crippen LogP contribution in [-0.2, 0) is 32.6 Å². The first-order valence-electron chi connectivity index (χ1n) is 12.5. The molecule has 0 heterocycles. The van der Waals surface area contributed by atoms with Gasteiger partial charge in [0.2, 0.25) is 21.8 Å². The topological polar surface area (TPSA) is 86.8 Å². The van der Waals surface area contributed by atoms with Gasteiger partial charge in [-0.05, 0) is 61.7 Å². The van der Waals surface area contributed by atoms with E-state index >= 15 is 0 Å². The second-order valence-electron chi connectivity index (χ2n) is 9.72. The van der Waals surface area contributed by atoms with Gasteiger partial charge in [-0.25, -0.2) is 8.42 Å². The highest BCUT2D eigenvalue weighted by Crippen LogP contribution is 2.26. The molecule has 0 saturated heterocycles. The highest BCUT2D eigenvalue weighted by Gasteiger charge is 2.33.